The predicted molar refractivity (Wildman–Crippen MR) is 102 cm³/mol. The summed E-state index contributed by atoms with van der Waals surface area (Å²) in [6, 6.07) is 11.1. The van der Waals surface area contributed by atoms with Gasteiger partial charge in [-0.05, 0) is 26.0 Å². The number of rotatable bonds is 5. The maximum absolute atomic E-state index is 12.9. The van der Waals surface area contributed by atoms with Gasteiger partial charge in [-0.3, -0.25) is 14.2 Å². The van der Waals surface area contributed by atoms with Crippen LogP contribution in [0.4, 0.5) is 5.82 Å². The van der Waals surface area contributed by atoms with Gasteiger partial charge < -0.3 is 9.84 Å². The molecule has 0 aliphatic rings. The van der Waals surface area contributed by atoms with Crippen molar-refractivity contribution >= 4 is 22.8 Å². The summed E-state index contributed by atoms with van der Waals surface area (Å²) in [6.07, 6.45) is 1.61. The topological polar surface area (TPSA) is 108 Å². The first-order valence-corrected chi connectivity index (χ1v) is 8.76. The summed E-state index contributed by atoms with van der Waals surface area (Å²) >= 11 is 0. The van der Waals surface area contributed by atoms with Crippen molar-refractivity contribution in [1.82, 2.24) is 24.5 Å². The second-order valence-electron chi connectivity index (χ2n) is 6.37. The minimum absolute atomic E-state index is 0.104. The summed E-state index contributed by atoms with van der Waals surface area (Å²) < 4.78 is 8.03. The van der Waals surface area contributed by atoms with E-state index >= 15 is 0 Å². The molecule has 28 heavy (non-hydrogen) atoms. The molecule has 3 aromatic heterocycles. The zero-order chi connectivity index (χ0) is 19.7. The molecule has 0 bridgehead atoms. The maximum atomic E-state index is 12.9. The summed E-state index contributed by atoms with van der Waals surface area (Å²) in [5, 5.41) is 11.1. The lowest BCUT2D eigenvalue weighted by atomic mass is 10.3. The third-order valence-electron chi connectivity index (χ3n) is 4.34. The van der Waals surface area contributed by atoms with Crippen LogP contribution in [0.5, 0.6) is 0 Å². The Bertz CT molecular complexity index is 1210. The van der Waals surface area contributed by atoms with Gasteiger partial charge in [-0.15, -0.1) is 0 Å². The average molecular weight is 378 g/mol. The summed E-state index contributed by atoms with van der Waals surface area (Å²) in [5.74, 6) is 1.21. The monoisotopic (exact) mass is 378 g/mol. The number of aryl methyl sites for hydroxylation is 2. The van der Waals surface area contributed by atoms with E-state index in [2.05, 4.69) is 20.6 Å². The second-order valence-corrected chi connectivity index (χ2v) is 6.37. The van der Waals surface area contributed by atoms with E-state index in [0.29, 0.717) is 28.4 Å². The molecular formula is C19H18N6O3. The Morgan fingerprint density at radius 2 is 2.00 bits per heavy atom. The Hall–Kier alpha value is -3.75. The van der Waals surface area contributed by atoms with Crippen LogP contribution in [0.2, 0.25) is 0 Å². The van der Waals surface area contributed by atoms with E-state index in [4.69, 9.17) is 4.52 Å². The highest BCUT2D eigenvalue weighted by Crippen LogP contribution is 2.14. The van der Waals surface area contributed by atoms with Gasteiger partial charge in [-0.1, -0.05) is 23.4 Å². The van der Waals surface area contributed by atoms with Crippen molar-refractivity contribution in [3.05, 3.63) is 64.5 Å². The van der Waals surface area contributed by atoms with E-state index in [0.717, 1.165) is 5.69 Å². The van der Waals surface area contributed by atoms with Crippen LogP contribution in [0, 0.1) is 13.8 Å². The number of fused-ring (bicyclic) bond motifs is 1. The molecule has 0 unspecified atom stereocenters. The molecule has 142 valence electrons. The second kappa shape index (κ2) is 7.10. The van der Waals surface area contributed by atoms with Gasteiger partial charge in [0.25, 0.3) is 5.56 Å². The van der Waals surface area contributed by atoms with Crippen molar-refractivity contribution in [2.24, 2.45) is 0 Å². The lowest BCUT2D eigenvalue weighted by Crippen LogP contribution is -2.26. The number of nitrogens with one attached hydrogen (secondary N) is 1. The van der Waals surface area contributed by atoms with E-state index in [1.165, 1.54) is 10.8 Å². The number of anilines is 1. The van der Waals surface area contributed by atoms with Gasteiger partial charge in [0.1, 0.15) is 17.0 Å². The quantitative estimate of drug-likeness (QED) is 0.570. The van der Waals surface area contributed by atoms with Crippen LogP contribution in [-0.2, 0) is 11.3 Å². The molecule has 9 nitrogen and oxygen atoms in total. The van der Waals surface area contributed by atoms with Crippen molar-refractivity contribution in [2.75, 3.05) is 5.32 Å². The van der Waals surface area contributed by atoms with Crippen LogP contribution in [0.1, 0.15) is 18.0 Å². The van der Waals surface area contributed by atoms with Gasteiger partial charge in [0.05, 0.1) is 11.9 Å². The summed E-state index contributed by atoms with van der Waals surface area (Å²) in [5.41, 5.74) is 1.09. The number of hydrogen-bond donors (Lipinski definition) is 1. The number of carbonyl (C=O) groups excluding carboxylic acids is 1. The molecule has 4 rings (SSSR count). The normalized spacial score (nSPS) is 11.1. The fourth-order valence-corrected chi connectivity index (χ4v) is 2.97. The zero-order valence-electron chi connectivity index (χ0n) is 15.4. The van der Waals surface area contributed by atoms with Gasteiger partial charge in [-0.25, -0.2) is 9.67 Å². The smallest absolute Gasteiger partial charge is 0.264 e. The molecule has 0 aliphatic heterocycles. The molecule has 0 fully saturated rings. The molecule has 0 atom stereocenters. The van der Waals surface area contributed by atoms with Crippen LogP contribution in [0.3, 0.4) is 0 Å². The van der Waals surface area contributed by atoms with Crippen molar-refractivity contribution in [2.45, 2.75) is 26.8 Å². The number of nitrogens with zero attached hydrogens (tertiary/aromatic N) is 5. The highest BCUT2D eigenvalue weighted by atomic mass is 16.5. The molecule has 3 heterocycles. The minimum Gasteiger partial charge on any atom is -0.360 e. The first-order valence-electron chi connectivity index (χ1n) is 8.76. The van der Waals surface area contributed by atoms with Crippen LogP contribution >= 0.6 is 0 Å². The molecule has 1 amide bonds. The average Bonchev–Trinajstić information content (AvgIpc) is 3.28. The number of hydrogen-bond acceptors (Lipinski definition) is 6. The number of aromatic nitrogens is 5. The van der Waals surface area contributed by atoms with Crippen LogP contribution < -0.4 is 10.9 Å². The van der Waals surface area contributed by atoms with Gasteiger partial charge >= 0.3 is 0 Å². The first-order chi connectivity index (χ1) is 13.5. The number of benzene rings is 1. The fraction of sp³-hybridized carbons (Fsp3) is 0.211. The Morgan fingerprint density at radius 3 is 2.71 bits per heavy atom. The summed E-state index contributed by atoms with van der Waals surface area (Å²) in [4.78, 5) is 29.5. The third kappa shape index (κ3) is 3.29. The first kappa shape index (κ1) is 17.7. The van der Waals surface area contributed by atoms with Crippen LogP contribution in [0.15, 0.2) is 51.9 Å². The maximum Gasteiger partial charge on any atom is 0.264 e. The lowest BCUT2D eigenvalue weighted by Gasteiger charge is -2.10. The molecule has 1 aromatic carbocycles. The highest BCUT2D eigenvalue weighted by Gasteiger charge is 2.15. The molecule has 0 saturated heterocycles. The molecule has 4 aromatic rings. The van der Waals surface area contributed by atoms with Gasteiger partial charge in [-0.2, -0.15) is 5.10 Å². The van der Waals surface area contributed by atoms with E-state index in [1.807, 2.05) is 30.3 Å². The van der Waals surface area contributed by atoms with E-state index in [-0.39, 0.29) is 24.4 Å². The van der Waals surface area contributed by atoms with E-state index < -0.39 is 0 Å². The zero-order valence-corrected chi connectivity index (χ0v) is 15.4. The molecule has 0 radical (unpaired) electrons. The molecule has 9 heteroatoms. The molecule has 0 saturated carbocycles. The van der Waals surface area contributed by atoms with Crippen LogP contribution in [0.25, 0.3) is 16.7 Å². The minimum atomic E-state index is -0.264. The molecular weight excluding hydrogens is 360 g/mol. The summed E-state index contributed by atoms with van der Waals surface area (Å²) in [6.45, 7) is 3.68. The van der Waals surface area contributed by atoms with Crippen molar-refractivity contribution in [1.29, 1.82) is 0 Å². The van der Waals surface area contributed by atoms with Crippen molar-refractivity contribution in [3.8, 4) is 5.69 Å². The standard InChI is InChI=1S/C19H18N6O3/c1-12-10-16(23-28-12)22-17(26)8-9-24-13(2)21-18-15(19(24)27)11-20-25(18)14-6-4-3-5-7-14/h3-7,10-11H,8-9H2,1-2H3,(H,22,23,26). The number of para-hydroxylation sites is 1. The largest absolute Gasteiger partial charge is 0.360 e. The Balaban J connectivity index is 1.58. The Morgan fingerprint density at radius 1 is 1.21 bits per heavy atom. The third-order valence-corrected chi connectivity index (χ3v) is 4.34. The Kier molecular flexibility index (Phi) is 4.48. The van der Waals surface area contributed by atoms with Crippen molar-refractivity contribution < 1.29 is 9.32 Å². The SMILES string of the molecule is Cc1cc(NC(=O)CCn2c(C)nc3c(cnn3-c3ccccc3)c2=O)no1. The number of amides is 1. The number of carbonyl (C=O) groups is 1. The van der Waals surface area contributed by atoms with Gasteiger partial charge in [0, 0.05) is 19.0 Å². The molecule has 0 spiro atoms. The van der Waals surface area contributed by atoms with E-state index in [1.54, 1.807) is 24.6 Å². The molecule has 0 aliphatic carbocycles. The van der Waals surface area contributed by atoms with Crippen molar-refractivity contribution in [3.63, 3.8) is 0 Å². The highest BCUT2D eigenvalue weighted by molar-refractivity contribution is 5.89. The van der Waals surface area contributed by atoms with Gasteiger partial charge in [0.15, 0.2) is 11.5 Å². The molecule has 1 N–H and O–H groups in total. The Labute approximate surface area is 159 Å². The lowest BCUT2D eigenvalue weighted by molar-refractivity contribution is -0.116. The van der Waals surface area contributed by atoms with Gasteiger partial charge in [0.2, 0.25) is 5.91 Å². The van der Waals surface area contributed by atoms with E-state index in [9.17, 15) is 9.59 Å². The van der Waals surface area contributed by atoms with Crippen LogP contribution in [-0.4, -0.2) is 30.4 Å². The fourth-order valence-electron chi connectivity index (χ4n) is 2.97. The predicted octanol–water partition coefficient (Wildman–Crippen LogP) is 2.22. The summed E-state index contributed by atoms with van der Waals surface area (Å²) in [7, 11) is 0.